The molecule has 0 bridgehead atoms. The Balaban J connectivity index is 1.90. The summed E-state index contributed by atoms with van der Waals surface area (Å²) in [6.45, 7) is 3.53. The summed E-state index contributed by atoms with van der Waals surface area (Å²) in [7, 11) is 0. The standard InChI is InChI=1S/C15H16FN/c1-12-9-15(16)8-7-14(12)11-17-10-13-5-3-2-4-6-13/h2-9,17H,10-11H2,1H3. The number of nitrogens with one attached hydrogen (secondary N) is 1. The summed E-state index contributed by atoms with van der Waals surface area (Å²) in [5, 5.41) is 3.36. The highest BCUT2D eigenvalue weighted by Gasteiger charge is 1.99. The monoisotopic (exact) mass is 229 g/mol. The van der Waals surface area contributed by atoms with Crippen LogP contribution in [-0.2, 0) is 13.1 Å². The van der Waals surface area contributed by atoms with Crippen LogP contribution in [0.15, 0.2) is 48.5 Å². The van der Waals surface area contributed by atoms with Crippen molar-refractivity contribution in [3.05, 3.63) is 71.0 Å². The van der Waals surface area contributed by atoms with Crippen molar-refractivity contribution in [2.75, 3.05) is 0 Å². The quantitative estimate of drug-likeness (QED) is 0.847. The number of halogens is 1. The third-order valence-corrected chi connectivity index (χ3v) is 2.79. The fraction of sp³-hybridized carbons (Fsp3) is 0.200. The first-order chi connectivity index (χ1) is 8.25. The van der Waals surface area contributed by atoms with Gasteiger partial charge in [0, 0.05) is 13.1 Å². The van der Waals surface area contributed by atoms with Crippen LogP contribution in [0.3, 0.4) is 0 Å². The lowest BCUT2D eigenvalue weighted by Gasteiger charge is -2.08. The minimum Gasteiger partial charge on any atom is -0.309 e. The van der Waals surface area contributed by atoms with Crippen molar-refractivity contribution in [1.82, 2.24) is 5.32 Å². The van der Waals surface area contributed by atoms with Gasteiger partial charge in [0.25, 0.3) is 0 Å². The molecule has 0 aromatic heterocycles. The van der Waals surface area contributed by atoms with Gasteiger partial charge in [-0.3, -0.25) is 0 Å². The fourth-order valence-corrected chi connectivity index (χ4v) is 1.80. The van der Waals surface area contributed by atoms with Crippen LogP contribution in [0.5, 0.6) is 0 Å². The molecular weight excluding hydrogens is 213 g/mol. The summed E-state index contributed by atoms with van der Waals surface area (Å²) in [6, 6.07) is 15.2. The van der Waals surface area contributed by atoms with E-state index in [9.17, 15) is 4.39 Å². The first kappa shape index (κ1) is 11.8. The van der Waals surface area contributed by atoms with Gasteiger partial charge >= 0.3 is 0 Å². The van der Waals surface area contributed by atoms with Crippen molar-refractivity contribution in [1.29, 1.82) is 0 Å². The van der Waals surface area contributed by atoms with Gasteiger partial charge in [0.2, 0.25) is 0 Å². The van der Waals surface area contributed by atoms with Gasteiger partial charge in [-0.05, 0) is 35.7 Å². The van der Waals surface area contributed by atoms with Crippen molar-refractivity contribution in [3.63, 3.8) is 0 Å². The number of rotatable bonds is 4. The molecule has 0 unspecified atom stereocenters. The normalized spacial score (nSPS) is 10.5. The Hall–Kier alpha value is -1.67. The second-order valence-corrected chi connectivity index (χ2v) is 4.16. The largest absolute Gasteiger partial charge is 0.309 e. The first-order valence-corrected chi connectivity index (χ1v) is 5.75. The van der Waals surface area contributed by atoms with Crippen molar-refractivity contribution in [2.24, 2.45) is 0 Å². The van der Waals surface area contributed by atoms with Gasteiger partial charge in [0.15, 0.2) is 0 Å². The molecule has 0 heterocycles. The fourth-order valence-electron chi connectivity index (χ4n) is 1.80. The molecule has 0 saturated carbocycles. The summed E-state index contributed by atoms with van der Waals surface area (Å²) in [5.74, 6) is -0.172. The lowest BCUT2D eigenvalue weighted by molar-refractivity contribution is 0.623. The minimum absolute atomic E-state index is 0.172. The summed E-state index contributed by atoms with van der Waals surface area (Å²) in [4.78, 5) is 0. The van der Waals surface area contributed by atoms with Crippen LogP contribution < -0.4 is 5.32 Å². The second-order valence-electron chi connectivity index (χ2n) is 4.16. The summed E-state index contributed by atoms with van der Waals surface area (Å²) < 4.78 is 12.9. The highest BCUT2D eigenvalue weighted by atomic mass is 19.1. The van der Waals surface area contributed by atoms with Crippen LogP contribution in [0.25, 0.3) is 0 Å². The second kappa shape index (κ2) is 5.60. The average molecular weight is 229 g/mol. The van der Waals surface area contributed by atoms with Crippen LogP contribution >= 0.6 is 0 Å². The predicted octanol–water partition coefficient (Wildman–Crippen LogP) is 3.42. The third kappa shape index (κ3) is 3.40. The SMILES string of the molecule is Cc1cc(F)ccc1CNCc1ccccc1. The van der Waals surface area contributed by atoms with Crippen LogP contribution in [0, 0.1) is 12.7 Å². The zero-order chi connectivity index (χ0) is 12.1. The Bertz CT molecular complexity index is 480. The van der Waals surface area contributed by atoms with E-state index in [4.69, 9.17) is 0 Å². The third-order valence-electron chi connectivity index (χ3n) is 2.79. The molecule has 0 spiro atoms. The van der Waals surface area contributed by atoms with E-state index in [1.807, 2.05) is 31.2 Å². The molecule has 17 heavy (non-hydrogen) atoms. The molecular formula is C15H16FN. The van der Waals surface area contributed by atoms with Gasteiger partial charge in [-0.2, -0.15) is 0 Å². The molecule has 2 rings (SSSR count). The minimum atomic E-state index is -0.172. The number of aryl methyl sites for hydroxylation is 1. The molecule has 2 heteroatoms. The first-order valence-electron chi connectivity index (χ1n) is 5.75. The van der Waals surface area contributed by atoms with E-state index in [1.54, 1.807) is 6.07 Å². The Morgan fingerprint density at radius 2 is 1.76 bits per heavy atom. The lowest BCUT2D eigenvalue weighted by atomic mass is 10.1. The maximum absolute atomic E-state index is 12.9. The van der Waals surface area contributed by atoms with Gasteiger partial charge in [-0.25, -0.2) is 4.39 Å². The molecule has 1 N–H and O–H groups in total. The van der Waals surface area contributed by atoms with Crippen molar-refractivity contribution < 1.29 is 4.39 Å². The molecule has 2 aromatic rings. The van der Waals surface area contributed by atoms with E-state index in [2.05, 4.69) is 17.4 Å². The van der Waals surface area contributed by atoms with E-state index >= 15 is 0 Å². The van der Waals surface area contributed by atoms with Gasteiger partial charge in [-0.1, -0.05) is 36.4 Å². The van der Waals surface area contributed by atoms with Crippen LogP contribution in [-0.4, -0.2) is 0 Å². The predicted molar refractivity (Wildman–Crippen MR) is 68.1 cm³/mol. The maximum Gasteiger partial charge on any atom is 0.123 e. The molecule has 0 aliphatic carbocycles. The zero-order valence-corrected chi connectivity index (χ0v) is 9.91. The molecule has 0 saturated heterocycles. The highest BCUT2D eigenvalue weighted by molar-refractivity contribution is 5.26. The van der Waals surface area contributed by atoms with Crippen LogP contribution in [0.4, 0.5) is 4.39 Å². The molecule has 0 aliphatic rings. The van der Waals surface area contributed by atoms with Gasteiger partial charge < -0.3 is 5.32 Å². The maximum atomic E-state index is 12.9. The lowest BCUT2D eigenvalue weighted by Crippen LogP contribution is -2.13. The Kier molecular flexibility index (Phi) is 3.89. The van der Waals surface area contributed by atoms with Gasteiger partial charge in [-0.15, -0.1) is 0 Å². The van der Waals surface area contributed by atoms with E-state index in [1.165, 1.54) is 11.6 Å². The molecule has 2 aromatic carbocycles. The summed E-state index contributed by atoms with van der Waals surface area (Å²) >= 11 is 0. The zero-order valence-electron chi connectivity index (χ0n) is 9.91. The van der Waals surface area contributed by atoms with E-state index in [0.717, 1.165) is 24.2 Å². The van der Waals surface area contributed by atoms with Gasteiger partial charge in [0.1, 0.15) is 5.82 Å². The van der Waals surface area contributed by atoms with Crippen molar-refractivity contribution >= 4 is 0 Å². The summed E-state index contributed by atoms with van der Waals surface area (Å²) in [5.41, 5.74) is 3.39. The number of benzene rings is 2. The topological polar surface area (TPSA) is 12.0 Å². The van der Waals surface area contributed by atoms with E-state index < -0.39 is 0 Å². The molecule has 0 aliphatic heterocycles. The summed E-state index contributed by atoms with van der Waals surface area (Å²) in [6.07, 6.45) is 0. The Labute approximate surface area is 101 Å². The van der Waals surface area contributed by atoms with Crippen molar-refractivity contribution in [3.8, 4) is 0 Å². The number of hydrogen-bond donors (Lipinski definition) is 1. The highest BCUT2D eigenvalue weighted by Crippen LogP contribution is 2.10. The van der Waals surface area contributed by atoms with Gasteiger partial charge in [0.05, 0.1) is 0 Å². The Morgan fingerprint density at radius 1 is 1.00 bits per heavy atom. The smallest absolute Gasteiger partial charge is 0.123 e. The number of hydrogen-bond acceptors (Lipinski definition) is 1. The van der Waals surface area contributed by atoms with Crippen LogP contribution in [0.2, 0.25) is 0 Å². The molecule has 1 nitrogen and oxygen atoms in total. The molecule has 88 valence electrons. The van der Waals surface area contributed by atoms with Crippen molar-refractivity contribution in [2.45, 2.75) is 20.0 Å². The Morgan fingerprint density at radius 3 is 2.47 bits per heavy atom. The van der Waals surface area contributed by atoms with Crippen LogP contribution in [0.1, 0.15) is 16.7 Å². The molecule has 0 radical (unpaired) electrons. The van der Waals surface area contributed by atoms with E-state index in [-0.39, 0.29) is 5.82 Å². The molecule has 0 atom stereocenters. The van der Waals surface area contributed by atoms with E-state index in [0.29, 0.717) is 0 Å². The average Bonchev–Trinajstić information content (AvgIpc) is 2.33. The molecule has 0 amide bonds. The molecule has 0 fully saturated rings.